The lowest BCUT2D eigenvalue weighted by Crippen LogP contribution is -2.24. The van der Waals surface area contributed by atoms with Crippen LogP contribution in [0.1, 0.15) is 17.4 Å². The van der Waals surface area contributed by atoms with Crippen molar-refractivity contribution in [2.45, 2.75) is 18.1 Å². The van der Waals surface area contributed by atoms with Crippen LogP contribution in [-0.4, -0.2) is 33.3 Å². The van der Waals surface area contributed by atoms with Gasteiger partial charge in [0.2, 0.25) is 0 Å². The number of halogens is 3. The van der Waals surface area contributed by atoms with E-state index in [0.29, 0.717) is 10.7 Å². The van der Waals surface area contributed by atoms with Crippen molar-refractivity contribution < 1.29 is 21.6 Å². The first kappa shape index (κ1) is 20.0. The number of aromatic nitrogens is 4. The van der Waals surface area contributed by atoms with Gasteiger partial charge in [0.15, 0.2) is 25.6 Å². The number of benzene rings is 1. The molecule has 3 heterocycles. The molecule has 8 nitrogen and oxygen atoms in total. The Hall–Kier alpha value is -3.24. The molecule has 4 rings (SSSR count). The Balaban J connectivity index is 2.06. The third kappa shape index (κ3) is 3.04. The van der Waals surface area contributed by atoms with Gasteiger partial charge in [-0.15, -0.1) is 0 Å². The standard InChI is InChI=1S/C17H10F3N5O3S2/c1-2-30(27,28)15-13(23-16-24(15)8-11(6-21)29-16)25-14(26)12-5-10(17(18,19)20)4-3-9(12)7-22-25/h3-5,7-8H,2H2,1H3. The van der Waals surface area contributed by atoms with Crippen molar-refractivity contribution in [1.82, 2.24) is 19.2 Å². The lowest BCUT2D eigenvalue weighted by molar-refractivity contribution is -0.137. The number of thiazole rings is 1. The maximum absolute atomic E-state index is 13.1. The van der Waals surface area contributed by atoms with Crippen LogP contribution in [0.25, 0.3) is 21.6 Å². The summed E-state index contributed by atoms with van der Waals surface area (Å²) in [6, 6.07) is 4.52. The third-order valence-corrected chi connectivity index (χ3v) is 6.98. The van der Waals surface area contributed by atoms with Crippen LogP contribution in [0, 0.1) is 11.3 Å². The first-order valence-corrected chi connectivity index (χ1v) is 10.8. The summed E-state index contributed by atoms with van der Waals surface area (Å²) in [5, 5.41) is 12.5. The van der Waals surface area contributed by atoms with E-state index in [2.05, 4.69) is 10.1 Å². The van der Waals surface area contributed by atoms with Gasteiger partial charge in [-0.3, -0.25) is 9.20 Å². The number of rotatable bonds is 3. The number of nitriles is 1. The minimum absolute atomic E-state index is 0.131. The van der Waals surface area contributed by atoms with Gasteiger partial charge in [0, 0.05) is 11.6 Å². The van der Waals surface area contributed by atoms with Crippen molar-refractivity contribution in [3.05, 3.63) is 51.4 Å². The summed E-state index contributed by atoms with van der Waals surface area (Å²) >= 11 is 0.903. The van der Waals surface area contributed by atoms with E-state index in [0.717, 1.165) is 29.7 Å². The summed E-state index contributed by atoms with van der Waals surface area (Å²) in [4.78, 5) is 17.4. The normalized spacial score (nSPS) is 12.5. The molecule has 3 aromatic heterocycles. The predicted octanol–water partition coefficient (Wildman–Crippen LogP) is 2.78. The molecule has 154 valence electrons. The lowest BCUT2D eigenvalue weighted by atomic mass is 10.1. The summed E-state index contributed by atoms with van der Waals surface area (Å²) in [5.74, 6) is -0.664. The molecule has 1 aromatic carbocycles. The van der Waals surface area contributed by atoms with Crippen molar-refractivity contribution >= 4 is 36.9 Å². The van der Waals surface area contributed by atoms with E-state index in [1.54, 1.807) is 0 Å². The van der Waals surface area contributed by atoms with Crippen molar-refractivity contribution in [3.8, 4) is 11.9 Å². The van der Waals surface area contributed by atoms with Gasteiger partial charge in [0.1, 0.15) is 10.9 Å². The highest BCUT2D eigenvalue weighted by Crippen LogP contribution is 2.31. The van der Waals surface area contributed by atoms with Gasteiger partial charge >= 0.3 is 6.18 Å². The minimum atomic E-state index is -4.66. The summed E-state index contributed by atoms with van der Waals surface area (Å²) < 4.78 is 66.4. The van der Waals surface area contributed by atoms with Gasteiger partial charge in [-0.1, -0.05) is 24.3 Å². The van der Waals surface area contributed by atoms with Crippen molar-refractivity contribution in [2.75, 3.05) is 5.75 Å². The average molecular weight is 453 g/mol. The van der Waals surface area contributed by atoms with Gasteiger partial charge in [-0.05, 0) is 12.1 Å². The van der Waals surface area contributed by atoms with Gasteiger partial charge < -0.3 is 0 Å². The van der Waals surface area contributed by atoms with Gasteiger partial charge in [-0.2, -0.15) is 33.2 Å². The van der Waals surface area contributed by atoms with Crippen LogP contribution >= 0.6 is 11.3 Å². The summed E-state index contributed by atoms with van der Waals surface area (Å²) in [7, 11) is -3.94. The second-order valence-electron chi connectivity index (χ2n) is 6.17. The topological polar surface area (TPSA) is 110 Å². The largest absolute Gasteiger partial charge is 0.416 e. The fourth-order valence-corrected chi connectivity index (χ4v) is 4.85. The van der Waals surface area contributed by atoms with E-state index in [1.807, 2.05) is 6.07 Å². The molecule has 0 atom stereocenters. The van der Waals surface area contributed by atoms with Crippen molar-refractivity contribution in [1.29, 1.82) is 5.26 Å². The lowest BCUT2D eigenvalue weighted by Gasteiger charge is -2.09. The summed E-state index contributed by atoms with van der Waals surface area (Å²) in [6.07, 6.45) is -2.23. The number of hydrogen-bond acceptors (Lipinski definition) is 7. The van der Waals surface area contributed by atoms with Crippen molar-refractivity contribution in [2.24, 2.45) is 0 Å². The summed E-state index contributed by atoms with van der Waals surface area (Å²) in [6.45, 7) is 1.39. The molecule has 0 amide bonds. The van der Waals surface area contributed by atoms with Gasteiger partial charge in [0.25, 0.3) is 5.56 Å². The van der Waals surface area contributed by atoms with E-state index >= 15 is 0 Å². The first-order chi connectivity index (χ1) is 14.1. The molecular weight excluding hydrogens is 443 g/mol. The molecule has 0 aliphatic rings. The van der Waals surface area contributed by atoms with E-state index < -0.39 is 27.1 Å². The Bertz CT molecular complexity index is 1520. The molecule has 0 saturated heterocycles. The first-order valence-electron chi connectivity index (χ1n) is 8.31. The molecule has 30 heavy (non-hydrogen) atoms. The number of imidazole rings is 1. The predicted molar refractivity (Wildman–Crippen MR) is 101 cm³/mol. The summed E-state index contributed by atoms with van der Waals surface area (Å²) in [5.41, 5.74) is -1.96. The zero-order chi connectivity index (χ0) is 21.8. The molecule has 0 bridgehead atoms. The second kappa shape index (κ2) is 6.64. The molecule has 0 N–H and O–H groups in total. The smallest absolute Gasteiger partial charge is 0.278 e. The maximum atomic E-state index is 13.1. The fourth-order valence-electron chi connectivity index (χ4n) is 2.90. The number of fused-ring (bicyclic) bond motifs is 2. The third-order valence-electron chi connectivity index (χ3n) is 4.37. The van der Waals surface area contributed by atoms with Crippen molar-refractivity contribution in [3.63, 3.8) is 0 Å². The average Bonchev–Trinajstić information content (AvgIpc) is 3.24. The highest BCUT2D eigenvalue weighted by atomic mass is 32.2. The SMILES string of the molecule is CCS(=O)(=O)c1c(-n2ncc3ccc(C(F)(F)F)cc3c2=O)nc2sc(C#N)cn12. The van der Waals surface area contributed by atoms with Crippen LogP contribution in [0.5, 0.6) is 0 Å². The van der Waals surface area contributed by atoms with E-state index in [4.69, 9.17) is 5.26 Å². The molecule has 0 aliphatic heterocycles. The van der Waals surface area contributed by atoms with Crippen LogP contribution in [0.15, 0.2) is 40.4 Å². The molecular formula is C17H10F3N5O3S2. The highest BCUT2D eigenvalue weighted by molar-refractivity contribution is 7.91. The number of alkyl halides is 3. The van der Waals surface area contributed by atoms with Crippen LogP contribution in [-0.2, 0) is 16.0 Å². The molecule has 0 unspecified atom stereocenters. The molecule has 0 radical (unpaired) electrons. The maximum Gasteiger partial charge on any atom is 0.416 e. The molecule has 0 aliphatic carbocycles. The van der Waals surface area contributed by atoms with E-state index in [1.165, 1.54) is 17.5 Å². The Kier molecular flexibility index (Phi) is 4.44. The highest BCUT2D eigenvalue weighted by Gasteiger charge is 2.32. The van der Waals surface area contributed by atoms with Crippen LogP contribution < -0.4 is 5.56 Å². The Morgan fingerprint density at radius 1 is 1.30 bits per heavy atom. The number of hydrogen-bond donors (Lipinski definition) is 0. The fraction of sp³-hybridized carbons (Fsp3) is 0.176. The quantitative estimate of drug-likeness (QED) is 0.472. The Morgan fingerprint density at radius 2 is 2.03 bits per heavy atom. The van der Waals surface area contributed by atoms with Gasteiger partial charge in [-0.25, -0.2) is 8.42 Å². The molecule has 4 aromatic rings. The van der Waals surface area contributed by atoms with E-state index in [-0.39, 0.29) is 37.2 Å². The van der Waals surface area contributed by atoms with Crippen LogP contribution in [0.4, 0.5) is 13.2 Å². The number of sulfone groups is 1. The van der Waals surface area contributed by atoms with E-state index in [9.17, 15) is 26.4 Å². The number of nitrogens with zero attached hydrogens (tertiary/aromatic N) is 5. The van der Waals surface area contributed by atoms with Crippen LogP contribution in [0.3, 0.4) is 0 Å². The Labute approximate surface area is 170 Å². The second-order valence-corrected chi connectivity index (χ2v) is 9.37. The molecule has 0 saturated carbocycles. The van der Waals surface area contributed by atoms with Gasteiger partial charge in [0.05, 0.1) is 22.9 Å². The molecule has 0 fully saturated rings. The zero-order valence-corrected chi connectivity index (χ0v) is 16.6. The Morgan fingerprint density at radius 3 is 2.67 bits per heavy atom. The minimum Gasteiger partial charge on any atom is -0.278 e. The zero-order valence-electron chi connectivity index (χ0n) is 15.0. The van der Waals surface area contributed by atoms with Crippen LogP contribution in [0.2, 0.25) is 0 Å². The molecule has 0 spiro atoms. The monoisotopic (exact) mass is 453 g/mol. The molecule has 13 heteroatoms.